The molecule has 1 N–H and O–H groups in total. The van der Waals surface area contributed by atoms with Crippen LogP contribution < -0.4 is 10.9 Å². The molecule has 1 rings (SSSR count). The van der Waals surface area contributed by atoms with Gasteiger partial charge < -0.3 is 5.32 Å². The average molecular weight is 332 g/mol. The van der Waals surface area contributed by atoms with E-state index in [1.807, 2.05) is 11.8 Å². The van der Waals surface area contributed by atoms with Gasteiger partial charge in [0, 0.05) is 17.8 Å². The topological polar surface area (TPSA) is 46.9 Å². The van der Waals surface area contributed by atoms with Crippen molar-refractivity contribution in [3.05, 3.63) is 21.6 Å². The van der Waals surface area contributed by atoms with Crippen LogP contribution in [0.1, 0.15) is 46.5 Å². The van der Waals surface area contributed by atoms with Crippen molar-refractivity contribution in [2.45, 2.75) is 57.7 Å². The smallest absolute Gasteiger partial charge is 0.287 e. The van der Waals surface area contributed by atoms with Crippen LogP contribution in [-0.4, -0.2) is 27.3 Å². The largest absolute Gasteiger partial charge is 0.381 e. The Bertz CT molecular complexity index is 492. The Labute approximate surface area is 136 Å². The lowest BCUT2D eigenvalue weighted by molar-refractivity contribution is 0.542. The van der Waals surface area contributed by atoms with E-state index < -0.39 is 0 Å². The Balaban J connectivity index is 2.86. The van der Waals surface area contributed by atoms with Gasteiger partial charge in [-0.25, -0.2) is 4.68 Å². The highest BCUT2D eigenvalue weighted by atomic mass is 35.5. The predicted molar refractivity (Wildman–Crippen MR) is 93.7 cm³/mol. The third-order valence-electron chi connectivity index (χ3n) is 4.03. The summed E-state index contributed by atoms with van der Waals surface area (Å²) < 4.78 is 1.61. The Morgan fingerprint density at radius 3 is 2.57 bits per heavy atom. The summed E-state index contributed by atoms with van der Waals surface area (Å²) in [5.74, 6) is 0. The van der Waals surface area contributed by atoms with Gasteiger partial charge >= 0.3 is 0 Å². The molecule has 0 amide bonds. The number of anilines is 1. The van der Waals surface area contributed by atoms with E-state index >= 15 is 0 Å². The summed E-state index contributed by atoms with van der Waals surface area (Å²) in [6, 6.07) is 0. The van der Waals surface area contributed by atoms with Gasteiger partial charge in [-0.2, -0.15) is 16.9 Å². The third kappa shape index (κ3) is 4.65. The van der Waals surface area contributed by atoms with Gasteiger partial charge in [0.05, 0.1) is 11.9 Å². The van der Waals surface area contributed by atoms with Crippen molar-refractivity contribution >= 4 is 29.1 Å². The monoisotopic (exact) mass is 331 g/mol. The first-order valence-electron chi connectivity index (χ1n) is 7.58. The molecule has 0 fully saturated rings. The van der Waals surface area contributed by atoms with E-state index in [-0.39, 0.29) is 15.3 Å². The van der Waals surface area contributed by atoms with Crippen LogP contribution in [0.5, 0.6) is 0 Å². The lowest BCUT2D eigenvalue weighted by Crippen LogP contribution is -2.33. The molecule has 0 unspecified atom stereocenters. The zero-order valence-electron chi connectivity index (χ0n) is 13.4. The SMILES string of the molecule is CCCCn1ncc(NCC(CC)(CC)SC)c(Cl)c1=O. The van der Waals surface area contributed by atoms with Crippen LogP contribution in [0.25, 0.3) is 0 Å². The maximum absolute atomic E-state index is 12.2. The van der Waals surface area contributed by atoms with Crippen LogP contribution in [-0.2, 0) is 6.54 Å². The first kappa shape index (κ1) is 18.4. The first-order chi connectivity index (χ1) is 10.0. The van der Waals surface area contributed by atoms with Crippen LogP contribution in [0.4, 0.5) is 5.69 Å². The fraction of sp³-hybridized carbons (Fsp3) is 0.733. The van der Waals surface area contributed by atoms with E-state index in [0.717, 1.165) is 32.2 Å². The van der Waals surface area contributed by atoms with Gasteiger partial charge in [-0.1, -0.05) is 38.8 Å². The average Bonchev–Trinajstić information content (AvgIpc) is 2.52. The normalized spacial score (nSPS) is 11.7. The minimum absolute atomic E-state index is 0.167. The molecule has 21 heavy (non-hydrogen) atoms. The van der Waals surface area contributed by atoms with Crippen molar-refractivity contribution in [2.75, 3.05) is 18.1 Å². The van der Waals surface area contributed by atoms with Gasteiger partial charge in [0.25, 0.3) is 5.56 Å². The Morgan fingerprint density at radius 2 is 2.05 bits per heavy atom. The Morgan fingerprint density at radius 1 is 1.38 bits per heavy atom. The van der Waals surface area contributed by atoms with Crippen molar-refractivity contribution in [2.24, 2.45) is 0 Å². The van der Waals surface area contributed by atoms with Crippen LogP contribution >= 0.6 is 23.4 Å². The predicted octanol–water partition coefficient (Wildman–Crippen LogP) is 4.03. The Hall–Kier alpha value is -0.680. The summed E-state index contributed by atoms with van der Waals surface area (Å²) in [5, 5.41) is 7.75. The van der Waals surface area contributed by atoms with Crippen molar-refractivity contribution < 1.29 is 0 Å². The van der Waals surface area contributed by atoms with E-state index in [1.54, 1.807) is 6.20 Å². The number of hydrogen-bond acceptors (Lipinski definition) is 4. The van der Waals surface area contributed by atoms with Crippen molar-refractivity contribution in [3.8, 4) is 0 Å². The van der Waals surface area contributed by atoms with Crippen molar-refractivity contribution in [1.82, 2.24) is 9.78 Å². The molecule has 0 aliphatic rings. The number of hydrogen-bond donors (Lipinski definition) is 1. The fourth-order valence-electron chi connectivity index (χ4n) is 2.17. The van der Waals surface area contributed by atoms with Crippen molar-refractivity contribution in [3.63, 3.8) is 0 Å². The van der Waals surface area contributed by atoms with E-state index in [4.69, 9.17) is 11.6 Å². The molecule has 6 heteroatoms. The van der Waals surface area contributed by atoms with E-state index in [0.29, 0.717) is 12.2 Å². The number of thioether (sulfide) groups is 1. The molecule has 4 nitrogen and oxygen atoms in total. The molecule has 120 valence electrons. The number of nitrogens with one attached hydrogen (secondary N) is 1. The number of rotatable bonds is 9. The van der Waals surface area contributed by atoms with E-state index in [2.05, 4.69) is 37.4 Å². The molecule has 1 heterocycles. The minimum Gasteiger partial charge on any atom is -0.381 e. The molecule has 0 aliphatic heterocycles. The number of nitrogens with zero attached hydrogens (tertiary/aromatic N) is 2. The number of aromatic nitrogens is 2. The lowest BCUT2D eigenvalue weighted by atomic mass is 10.0. The summed E-state index contributed by atoms with van der Waals surface area (Å²) >= 11 is 8.04. The molecule has 0 spiro atoms. The van der Waals surface area contributed by atoms with Crippen LogP contribution in [0.15, 0.2) is 11.0 Å². The molecule has 0 aliphatic carbocycles. The highest BCUT2D eigenvalue weighted by molar-refractivity contribution is 8.00. The summed E-state index contributed by atoms with van der Waals surface area (Å²) in [4.78, 5) is 12.2. The molecule has 0 saturated heterocycles. The molecular weight excluding hydrogens is 306 g/mol. The van der Waals surface area contributed by atoms with Gasteiger partial charge in [0.2, 0.25) is 0 Å². The second kappa shape index (κ2) is 8.69. The number of halogens is 1. The molecule has 0 aromatic carbocycles. The third-order valence-corrected chi connectivity index (χ3v) is 5.98. The molecule has 0 saturated carbocycles. The maximum Gasteiger partial charge on any atom is 0.287 e. The molecule has 0 atom stereocenters. The molecular formula is C15H26ClN3OS. The van der Waals surface area contributed by atoms with Gasteiger partial charge in [0.15, 0.2) is 0 Å². The first-order valence-corrected chi connectivity index (χ1v) is 9.18. The van der Waals surface area contributed by atoms with E-state index in [1.165, 1.54) is 4.68 Å². The number of aryl methyl sites for hydroxylation is 1. The zero-order valence-corrected chi connectivity index (χ0v) is 15.0. The van der Waals surface area contributed by atoms with Crippen molar-refractivity contribution in [1.29, 1.82) is 0 Å². The van der Waals surface area contributed by atoms with E-state index in [9.17, 15) is 4.79 Å². The summed E-state index contributed by atoms with van der Waals surface area (Å²) in [6.45, 7) is 7.85. The molecule has 0 bridgehead atoms. The highest BCUT2D eigenvalue weighted by Crippen LogP contribution is 2.31. The minimum atomic E-state index is -0.210. The lowest BCUT2D eigenvalue weighted by Gasteiger charge is -2.30. The summed E-state index contributed by atoms with van der Waals surface area (Å²) in [7, 11) is 0. The van der Waals surface area contributed by atoms with Crippen LogP contribution in [0.2, 0.25) is 5.02 Å². The second-order valence-corrected chi connectivity index (χ2v) is 6.85. The standard InChI is InChI=1S/C15H26ClN3OS/c1-5-8-9-19-14(20)13(16)12(10-18-19)17-11-15(6-2,7-3)21-4/h10,17H,5-9,11H2,1-4H3. The molecule has 0 radical (unpaired) electrons. The molecule has 1 aromatic rings. The quantitative estimate of drug-likeness (QED) is 0.742. The van der Waals surface area contributed by atoms with Gasteiger partial charge in [-0.3, -0.25) is 4.79 Å². The van der Waals surface area contributed by atoms with Crippen LogP contribution in [0.3, 0.4) is 0 Å². The zero-order chi connectivity index (χ0) is 15.9. The highest BCUT2D eigenvalue weighted by Gasteiger charge is 2.25. The van der Waals surface area contributed by atoms with Gasteiger partial charge in [-0.05, 0) is 25.5 Å². The fourth-order valence-corrected chi connectivity index (χ4v) is 3.18. The summed E-state index contributed by atoms with van der Waals surface area (Å²) in [5.41, 5.74) is 0.424. The number of unbranched alkanes of at least 4 members (excludes halogenated alkanes) is 1. The summed E-state index contributed by atoms with van der Waals surface area (Å²) in [6.07, 6.45) is 7.87. The molecule has 1 aromatic heterocycles. The van der Waals surface area contributed by atoms with Gasteiger partial charge in [-0.15, -0.1) is 0 Å². The Kier molecular flexibility index (Phi) is 7.60. The van der Waals surface area contributed by atoms with Gasteiger partial charge in [0.1, 0.15) is 5.02 Å². The van der Waals surface area contributed by atoms with Crippen LogP contribution in [0, 0.1) is 0 Å². The second-order valence-electron chi connectivity index (χ2n) is 5.20. The maximum atomic E-state index is 12.2.